The molecule has 0 unspecified atom stereocenters. The van der Waals surface area contributed by atoms with E-state index in [4.69, 9.17) is 10.4 Å². The van der Waals surface area contributed by atoms with Crippen LogP contribution in [0.5, 0.6) is 0 Å². The molecule has 0 radical (unpaired) electrons. The van der Waals surface area contributed by atoms with Gasteiger partial charge in [-0.3, -0.25) is 0 Å². The second kappa shape index (κ2) is 4.55. The monoisotopic (exact) mass is 214 g/mol. The highest BCUT2D eigenvalue weighted by atomic mass is 16.3. The molecule has 1 heterocycles. The van der Waals surface area contributed by atoms with E-state index in [2.05, 4.69) is 15.5 Å². The molecule has 5 nitrogen and oxygen atoms in total. The zero-order valence-electron chi connectivity index (χ0n) is 8.51. The van der Waals surface area contributed by atoms with Gasteiger partial charge in [-0.1, -0.05) is 18.2 Å². The van der Waals surface area contributed by atoms with Gasteiger partial charge in [-0.25, -0.2) is 0 Å². The topological polar surface area (TPSA) is 81.8 Å². The molecule has 2 N–H and O–H groups in total. The summed E-state index contributed by atoms with van der Waals surface area (Å²) >= 11 is 0. The van der Waals surface area contributed by atoms with Crippen LogP contribution in [0.2, 0.25) is 0 Å². The van der Waals surface area contributed by atoms with E-state index in [1.807, 2.05) is 30.3 Å². The Balaban J connectivity index is 2.60. The van der Waals surface area contributed by atoms with Crippen LogP contribution in [0.15, 0.2) is 24.3 Å². The Labute approximate surface area is 92.4 Å². The molecular formula is C11H10N4O. The van der Waals surface area contributed by atoms with Crippen molar-refractivity contribution in [1.82, 2.24) is 10.2 Å². The predicted octanol–water partition coefficient (Wildman–Crippen LogP) is 0.906. The van der Waals surface area contributed by atoms with E-state index in [-0.39, 0.29) is 12.3 Å². The molecule has 0 aliphatic rings. The zero-order chi connectivity index (χ0) is 11.4. The maximum atomic E-state index is 8.92. The lowest BCUT2D eigenvalue weighted by Crippen LogP contribution is -2.08. The fourth-order valence-corrected chi connectivity index (χ4v) is 1.49. The first-order chi connectivity index (χ1) is 7.86. The molecule has 0 aliphatic heterocycles. The highest BCUT2D eigenvalue weighted by Gasteiger charge is 2.08. The fraction of sp³-hybridized carbons (Fsp3) is 0.182. The Morgan fingerprint density at radius 2 is 2.12 bits per heavy atom. The molecule has 1 aromatic carbocycles. The van der Waals surface area contributed by atoms with Crippen LogP contribution in [-0.4, -0.2) is 28.5 Å². The van der Waals surface area contributed by atoms with Crippen molar-refractivity contribution < 1.29 is 5.11 Å². The van der Waals surface area contributed by atoms with Crippen LogP contribution in [0.1, 0.15) is 5.69 Å². The van der Waals surface area contributed by atoms with Crippen LogP contribution in [0.3, 0.4) is 0 Å². The Morgan fingerprint density at radius 3 is 2.88 bits per heavy atom. The standard InChI is InChI=1S/C11H10N4O/c12-7-10-11(13-5-6-16)8-3-1-2-4-9(8)14-15-10/h1-4,16H,5-6H2,(H,13,14). The number of nitriles is 1. The lowest BCUT2D eigenvalue weighted by molar-refractivity contribution is 0.311. The van der Waals surface area contributed by atoms with E-state index in [0.717, 1.165) is 10.9 Å². The summed E-state index contributed by atoms with van der Waals surface area (Å²) in [4.78, 5) is 0. The van der Waals surface area contributed by atoms with Gasteiger partial charge in [0.1, 0.15) is 6.07 Å². The van der Waals surface area contributed by atoms with Crippen molar-refractivity contribution in [3.63, 3.8) is 0 Å². The molecule has 0 bridgehead atoms. The summed E-state index contributed by atoms with van der Waals surface area (Å²) in [5, 5.41) is 29.3. The maximum absolute atomic E-state index is 8.92. The second-order valence-corrected chi connectivity index (χ2v) is 3.20. The van der Waals surface area contributed by atoms with E-state index in [0.29, 0.717) is 12.2 Å². The first kappa shape index (κ1) is 10.3. The summed E-state index contributed by atoms with van der Waals surface area (Å²) in [7, 11) is 0. The van der Waals surface area contributed by atoms with Gasteiger partial charge in [-0.15, -0.1) is 10.2 Å². The summed E-state index contributed by atoms with van der Waals surface area (Å²) < 4.78 is 0. The molecule has 5 heteroatoms. The molecule has 0 saturated carbocycles. The molecule has 2 rings (SSSR count). The maximum Gasteiger partial charge on any atom is 0.186 e. The minimum Gasteiger partial charge on any atom is -0.395 e. The summed E-state index contributed by atoms with van der Waals surface area (Å²) in [6, 6.07) is 9.40. The van der Waals surface area contributed by atoms with Crippen molar-refractivity contribution in [2.24, 2.45) is 0 Å². The number of nitrogens with zero attached hydrogens (tertiary/aromatic N) is 3. The summed E-state index contributed by atoms with van der Waals surface area (Å²) in [6.45, 7) is 0.381. The first-order valence-electron chi connectivity index (χ1n) is 4.87. The number of anilines is 1. The van der Waals surface area contributed by atoms with Crippen LogP contribution < -0.4 is 5.32 Å². The Hall–Kier alpha value is -2.19. The quantitative estimate of drug-likeness (QED) is 0.793. The predicted molar refractivity (Wildman–Crippen MR) is 59.8 cm³/mol. The fourth-order valence-electron chi connectivity index (χ4n) is 1.49. The normalized spacial score (nSPS) is 10.0. The molecule has 1 aromatic heterocycles. The van der Waals surface area contributed by atoms with Crippen molar-refractivity contribution in [3.05, 3.63) is 30.0 Å². The Morgan fingerprint density at radius 1 is 1.31 bits per heavy atom. The minimum absolute atomic E-state index is 0.00151. The highest BCUT2D eigenvalue weighted by Crippen LogP contribution is 2.23. The van der Waals surface area contributed by atoms with Crippen molar-refractivity contribution in [2.75, 3.05) is 18.5 Å². The first-order valence-corrected chi connectivity index (χ1v) is 4.87. The number of aliphatic hydroxyl groups excluding tert-OH is 1. The van der Waals surface area contributed by atoms with Gasteiger partial charge in [0.25, 0.3) is 0 Å². The van der Waals surface area contributed by atoms with E-state index in [1.54, 1.807) is 0 Å². The number of nitrogens with one attached hydrogen (secondary N) is 1. The van der Waals surface area contributed by atoms with Gasteiger partial charge < -0.3 is 10.4 Å². The van der Waals surface area contributed by atoms with Crippen LogP contribution in [0, 0.1) is 11.3 Å². The number of fused-ring (bicyclic) bond motifs is 1. The summed E-state index contributed by atoms with van der Waals surface area (Å²) in [5.74, 6) is 0. The van der Waals surface area contributed by atoms with Crippen LogP contribution in [0.25, 0.3) is 10.9 Å². The number of benzene rings is 1. The number of hydrogen-bond donors (Lipinski definition) is 2. The largest absolute Gasteiger partial charge is 0.395 e. The second-order valence-electron chi connectivity index (χ2n) is 3.20. The van der Waals surface area contributed by atoms with E-state index in [9.17, 15) is 0 Å². The molecule has 0 aliphatic carbocycles. The molecule has 16 heavy (non-hydrogen) atoms. The Bertz CT molecular complexity index is 547. The third-order valence-electron chi connectivity index (χ3n) is 2.19. The van der Waals surface area contributed by atoms with E-state index in [1.165, 1.54) is 0 Å². The van der Waals surface area contributed by atoms with Gasteiger partial charge in [-0.2, -0.15) is 5.26 Å². The van der Waals surface area contributed by atoms with Crippen molar-refractivity contribution in [2.45, 2.75) is 0 Å². The van der Waals surface area contributed by atoms with Gasteiger partial charge in [0.15, 0.2) is 5.69 Å². The molecule has 0 atom stereocenters. The van der Waals surface area contributed by atoms with Crippen molar-refractivity contribution >= 4 is 16.6 Å². The average molecular weight is 214 g/mol. The SMILES string of the molecule is N#Cc1nnc2ccccc2c1NCCO. The van der Waals surface area contributed by atoms with Crippen LogP contribution in [-0.2, 0) is 0 Å². The molecular weight excluding hydrogens is 204 g/mol. The lowest BCUT2D eigenvalue weighted by Gasteiger charge is -2.08. The van der Waals surface area contributed by atoms with Crippen molar-refractivity contribution in [1.29, 1.82) is 5.26 Å². The highest BCUT2D eigenvalue weighted by molar-refractivity contribution is 5.92. The van der Waals surface area contributed by atoms with Gasteiger partial charge in [-0.05, 0) is 6.07 Å². The number of aromatic nitrogens is 2. The third-order valence-corrected chi connectivity index (χ3v) is 2.19. The van der Waals surface area contributed by atoms with Crippen LogP contribution >= 0.6 is 0 Å². The van der Waals surface area contributed by atoms with Crippen LogP contribution in [0.4, 0.5) is 5.69 Å². The molecule has 80 valence electrons. The molecule has 2 aromatic rings. The average Bonchev–Trinajstić information content (AvgIpc) is 2.35. The summed E-state index contributed by atoms with van der Waals surface area (Å²) in [6.07, 6.45) is 0. The van der Waals surface area contributed by atoms with Crippen molar-refractivity contribution in [3.8, 4) is 6.07 Å². The third kappa shape index (κ3) is 1.78. The van der Waals surface area contributed by atoms with Gasteiger partial charge in [0, 0.05) is 11.9 Å². The Kier molecular flexibility index (Phi) is 2.94. The smallest absolute Gasteiger partial charge is 0.186 e. The molecule has 0 spiro atoms. The van der Waals surface area contributed by atoms with Gasteiger partial charge in [0.05, 0.1) is 17.8 Å². The summed E-state index contributed by atoms with van der Waals surface area (Å²) in [5.41, 5.74) is 1.59. The molecule has 0 amide bonds. The van der Waals surface area contributed by atoms with E-state index < -0.39 is 0 Å². The molecule has 0 fully saturated rings. The van der Waals surface area contributed by atoms with E-state index >= 15 is 0 Å². The molecule has 0 saturated heterocycles. The van der Waals surface area contributed by atoms with Gasteiger partial charge in [0.2, 0.25) is 0 Å². The zero-order valence-corrected chi connectivity index (χ0v) is 8.51. The lowest BCUT2D eigenvalue weighted by atomic mass is 10.1. The number of rotatable bonds is 3. The minimum atomic E-state index is 0.00151. The number of hydrogen-bond acceptors (Lipinski definition) is 5. The number of aliphatic hydroxyl groups is 1. The van der Waals surface area contributed by atoms with Gasteiger partial charge >= 0.3 is 0 Å².